The van der Waals surface area contributed by atoms with E-state index in [0.717, 1.165) is 12.2 Å². The van der Waals surface area contributed by atoms with Gasteiger partial charge in [0, 0.05) is 23.8 Å². The predicted molar refractivity (Wildman–Crippen MR) is 63.1 cm³/mol. The Morgan fingerprint density at radius 3 is 2.69 bits per heavy atom. The zero-order valence-corrected chi connectivity index (χ0v) is 9.78. The third-order valence-corrected chi connectivity index (χ3v) is 3.09. The van der Waals surface area contributed by atoms with E-state index < -0.39 is 6.10 Å². The summed E-state index contributed by atoms with van der Waals surface area (Å²) >= 11 is 0. The highest BCUT2D eigenvalue weighted by Gasteiger charge is 2.30. The minimum Gasteiger partial charge on any atom is -0.389 e. The molecular weight excluding hydrogens is 205 g/mol. The monoisotopic (exact) mass is 223 g/mol. The summed E-state index contributed by atoms with van der Waals surface area (Å²) in [6.07, 6.45) is 1.58. The normalized spacial score (nSPS) is 17.2. The third kappa shape index (κ3) is 2.05. The van der Waals surface area contributed by atoms with Crippen molar-refractivity contribution in [2.24, 2.45) is 0 Å². The lowest BCUT2D eigenvalue weighted by Gasteiger charge is -2.26. The van der Waals surface area contributed by atoms with Crippen molar-refractivity contribution in [2.75, 3.05) is 11.4 Å². The lowest BCUT2D eigenvalue weighted by atomic mass is 10.1. The summed E-state index contributed by atoms with van der Waals surface area (Å²) < 4.78 is 13.7. The summed E-state index contributed by atoms with van der Waals surface area (Å²) in [4.78, 5) is 2.19. The Balaban J connectivity index is 2.41. The summed E-state index contributed by atoms with van der Waals surface area (Å²) in [5.41, 5.74) is 1.27. The summed E-state index contributed by atoms with van der Waals surface area (Å²) in [5.74, 6) is -0.313. The smallest absolute Gasteiger partial charge is 0.131 e. The highest BCUT2D eigenvalue weighted by molar-refractivity contribution is 5.56. The number of nitrogens with zero attached hydrogens (tertiary/aromatic N) is 1. The van der Waals surface area contributed by atoms with Crippen LogP contribution in [0, 0.1) is 5.82 Å². The van der Waals surface area contributed by atoms with Crippen LogP contribution in [0.2, 0.25) is 0 Å². The van der Waals surface area contributed by atoms with Crippen molar-refractivity contribution < 1.29 is 9.50 Å². The fourth-order valence-corrected chi connectivity index (χ4v) is 2.20. The van der Waals surface area contributed by atoms with Gasteiger partial charge in [-0.25, -0.2) is 4.39 Å². The first-order valence-corrected chi connectivity index (χ1v) is 5.88. The van der Waals surface area contributed by atoms with Gasteiger partial charge in [0.25, 0.3) is 0 Å². The lowest BCUT2D eigenvalue weighted by Crippen LogP contribution is -2.26. The van der Waals surface area contributed by atoms with Crippen LogP contribution < -0.4 is 4.90 Å². The lowest BCUT2D eigenvalue weighted by molar-refractivity contribution is 0.194. The second kappa shape index (κ2) is 4.42. The Bertz CT molecular complexity index is 374. The van der Waals surface area contributed by atoms with Crippen LogP contribution in [0.3, 0.4) is 0 Å². The molecule has 1 aliphatic rings. The number of aliphatic hydroxyl groups is 1. The van der Waals surface area contributed by atoms with E-state index in [0.29, 0.717) is 11.6 Å². The quantitative estimate of drug-likeness (QED) is 0.848. The summed E-state index contributed by atoms with van der Waals surface area (Å²) in [5, 5.41) is 9.67. The molecule has 0 saturated heterocycles. The van der Waals surface area contributed by atoms with Crippen molar-refractivity contribution in [1.82, 2.24) is 0 Å². The number of rotatable bonds is 4. The molecule has 1 N–H and O–H groups in total. The zero-order valence-electron chi connectivity index (χ0n) is 9.78. The van der Waals surface area contributed by atoms with Crippen molar-refractivity contribution in [3.8, 4) is 0 Å². The highest BCUT2D eigenvalue weighted by Crippen LogP contribution is 2.36. The second-order valence-corrected chi connectivity index (χ2v) is 4.37. The van der Waals surface area contributed by atoms with Gasteiger partial charge in [0.1, 0.15) is 5.82 Å². The maximum atomic E-state index is 13.7. The van der Waals surface area contributed by atoms with Crippen molar-refractivity contribution in [3.63, 3.8) is 0 Å². The fraction of sp³-hybridized carbons (Fsp3) is 0.538. The molecule has 16 heavy (non-hydrogen) atoms. The molecule has 3 heteroatoms. The second-order valence-electron chi connectivity index (χ2n) is 4.37. The van der Waals surface area contributed by atoms with E-state index in [-0.39, 0.29) is 5.82 Å². The zero-order chi connectivity index (χ0) is 11.7. The van der Waals surface area contributed by atoms with Gasteiger partial charge in [0.15, 0.2) is 0 Å². The van der Waals surface area contributed by atoms with Gasteiger partial charge in [-0.05, 0) is 38.8 Å². The Morgan fingerprint density at radius 1 is 1.50 bits per heavy atom. The highest BCUT2D eigenvalue weighted by atomic mass is 19.1. The summed E-state index contributed by atoms with van der Waals surface area (Å²) in [7, 11) is 0. The molecule has 1 saturated carbocycles. The van der Waals surface area contributed by atoms with Crippen molar-refractivity contribution in [3.05, 3.63) is 29.6 Å². The van der Waals surface area contributed by atoms with Gasteiger partial charge in [-0.3, -0.25) is 0 Å². The number of anilines is 1. The average molecular weight is 223 g/mol. The van der Waals surface area contributed by atoms with E-state index in [1.165, 1.54) is 18.9 Å². The minimum atomic E-state index is -0.760. The van der Waals surface area contributed by atoms with E-state index in [1.807, 2.05) is 6.07 Å². The Morgan fingerprint density at radius 2 is 2.19 bits per heavy atom. The maximum absolute atomic E-state index is 13.7. The molecule has 0 amide bonds. The molecule has 88 valence electrons. The first-order valence-electron chi connectivity index (χ1n) is 5.88. The molecule has 1 atom stereocenters. The Hall–Kier alpha value is -1.09. The van der Waals surface area contributed by atoms with Crippen LogP contribution in [0.1, 0.15) is 38.4 Å². The Kier molecular flexibility index (Phi) is 3.15. The molecule has 2 rings (SSSR count). The van der Waals surface area contributed by atoms with Gasteiger partial charge in [-0.2, -0.15) is 0 Å². The fourth-order valence-electron chi connectivity index (χ4n) is 2.20. The van der Waals surface area contributed by atoms with E-state index in [9.17, 15) is 9.50 Å². The topological polar surface area (TPSA) is 23.5 Å². The number of aliphatic hydroxyl groups excluding tert-OH is 1. The van der Waals surface area contributed by atoms with E-state index in [2.05, 4.69) is 11.8 Å². The number of hydrogen-bond acceptors (Lipinski definition) is 2. The largest absolute Gasteiger partial charge is 0.389 e. The van der Waals surface area contributed by atoms with Crippen LogP contribution in [0.25, 0.3) is 0 Å². The molecule has 1 aliphatic carbocycles. The van der Waals surface area contributed by atoms with Crippen molar-refractivity contribution in [1.29, 1.82) is 0 Å². The van der Waals surface area contributed by atoms with Crippen LogP contribution >= 0.6 is 0 Å². The van der Waals surface area contributed by atoms with Crippen LogP contribution in [-0.2, 0) is 0 Å². The molecule has 1 aromatic rings. The minimum absolute atomic E-state index is 0.313. The van der Waals surface area contributed by atoms with Crippen molar-refractivity contribution in [2.45, 2.75) is 38.8 Å². The molecule has 0 spiro atoms. The SMILES string of the molecule is CCN(c1cccc(F)c1[C@@H](C)O)C1CC1. The molecule has 0 radical (unpaired) electrons. The predicted octanol–water partition coefficient (Wildman–Crippen LogP) is 2.87. The summed E-state index contributed by atoms with van der Waals surface area (Å²) in [6.45, 7) is 4.53. The molecule has 0 unspecified atom stereocenters. The molecule has 2 nitrogen and oxygen atoms in total. The first kappa shape index (κ1) is 11.4. The number of halogens is 1. The maximum Gasteiger partial charge on any atom is 0.131 e. The van der Waals surface area contributed by atoms with E-state index >= 15 is 0 Å². The molecule has 0 heterocycles. The van der Waals surface area contributed by atoms with Crippen LogP contribution in [0.5, 0.6) is 0 Å². The van der Waals surface area contributed by atoms with Gasteiger partial charge < -0.3 is 10.0 Å². The van der Waals surface area contributed by atoms with Crippen molar-refractivity contribution >= 4 is 5.69 Å². The van der Waals surface area contributed by atoms with Crippen LogP contribution in [0.15, 0.2) is 18.2 Å². The van der Waals surface area contributed by atoms with Gasteiger partial charge in [-0.1, -0.05) is 6.07 Å². The van der Waals surface area contributed by atoms with Crippen LogP contribution in [-0.4, -0.2) is 17.7 Å². The average Bonchev–Trinajstić information content (AvgIpc) is 3.02. The standard InChI is InChI=1S/C13H18FNO/c1-3-15(10-7-8-10)12-6-4-5-11(14)13(12)9(2)16/h4-6,9-10,16H,3,7-8H2,1-2H3/t9-/m1/s1. The molecular formula is C13H18FNO. The molecule has 1 fully saturated rings. The first-order chi connectivity index (χ1) is 7.65. The van der Waals surface area contributed by atoms with Gasteiger partial charge >= 0.3 is 0 Å². The van der Waals surface area contributed by atoms with E-state index in [1.54, 1.807) is 13.0 Å². The third-order valence-electron chi connectivity index (χ3n) is 3.09. The Labute approximate surface area is 95.7 Å². The van der Waals surface area contributed by atoms with E-state index in [4.69, 9.17) is 0 Å². The number of benzene rings is 1. The van der Waals surface area contributed by atoms with Gasteiger partial charge in [0.05, 0.1) is 6.10 Å². The molecule has 0 aromatic heterocycles. The van der Waals surface area contributed by atoms with Crippen LogP contribution in [0.4, 0.5) is 10.1 Å². The molecule has 1 aromatic carbocycles. The van der Waals surface area contributed by atoms with Gasteiger partial charge in [0.2, 0.25) is 0 Å². The van der Waals surface area contributed by atoms with Gasteiger partial charge in [-0.15, -0.1) is 0 Å². The summed E-state index contributed by atoms with van der Waals surface area (Å²) in [6, 6.07) is 5.55. The molecule has 0 aliphatic heterocycles. The number of hydrogen-bond donors (Lipinski definition) is 1. The molecule has 0 bridgehead atoms.